The average Bonchev–Trinajstić information content (AvgIpc) is 2.53. The lowest BCUT2D eigenvalue weighted by molar-refractivity contribution is 0.102. The van der Waals surface area contributed by atoms with Crippen LogP contribution in [0.15, 0.2) is 42.7 Å². The van der Waals surface area contributed by atoms with Gasteiger partial charge in [0.05, 0.1) is 5.75 Å². The van der Waals surface area contributed by atoms with Crippen molar-refractivity contribution in [3.63, 3.8) is 0 Å². The van der Waals surface area contributed by atoms with Gasteiger partial charge < -0.3 is 5.32 Å². The predicted molar refractivity (Wildman–Crippen MR) is 91.4 cm³/mol. The van der Waals surface area contributed by atoms with Gasteiger partial charge in [-0.05, 0) is 42.2 Å². The number of aromatic nitrogens is 1. The molecule has 0 aliphatic rings. The standard InChI is InChI=1S/C17H20N2O3S/c1-3-14-12-18-10-8-16(14)17(20)19-15-6-4-13(5-7-15)9-11-23(2,21)22/h4-8,10,12H,3,9,11H2,1-2H3,(H,19,20). The van der Waals surface area contributed by atoms with Gasteiger partial charge in [-0.2, -0.15) is 0 Å². The highest BCUT2D eigenvalue weighted by Crippen LogP contribution is 2.14. The van der Waals surface area contributed by atoms with E-state index < -0.39 is 9.84 Å². The van der Waals surface area contributed by atoms with Gasteiger partial charge in [0, 0.05) is 29.9 Å². The highest BCUT2D eigenvalue weighted by Gasteiger charge is 2.10. The van der Waals surface area contributed by atoms with E-state index >= 15 is 0 Å². The Morgan fingerprint density at radius 1 is 1.17 bits per heavy atom. The van der Waals surface area contributed by atoms with Gasteiger partial charge >= 0.3 is 0 Å². The van der Waals surface area contributed by atoms with Crippen LogP contribution >= 0.6 is 0 Å². The van der Waals surface area contributed by atoms with Crippen LogP contribution in [0.3, 0.4) is 0 Å². The third-order valence-electron chi connectivity index (χ3n) is 3.50. The smallest absolute Gasteiger partial charge is 0.256 e. The number of nitrogens with one attached hydrogen (secondary N) is 1. The first-order valence-corrected chi connectivity index (χ1v) is 9.46. The molecule has 0 aliphatic carbocycles. The molecular weight excluding hydrogens is 312 g/mol. The number of sulfone groups is 1. The minimum atomic E-state index is -2.97. The van der Waals surface area contributed by atoms with Crippen molar-refractivity contribution in [3.8, 4) is 0 Å². The minimum Gasteiger partial charge on any atom is -0.322 e. The Balaban J connectivity index is 2.04. The maximum atomic E-state index is 12.3. The van der Waals surface area contributed by atoms with E-state index in [2.05, 4.69) is 10.3 Å². The molecule has 2 aromatic rings. The lowest BCUT2D eigenvalue weighted by Gasteiger charge is -2.09. The van der Waals surface area contributed by atoms with Crippen LogP contribution in [0.1, 0.15) is 28.4 Å². The quantitative estimate of drug-likeness (QED) is 0.882. The number of hydrogen-bond donors (Lipinski definition) is 1. The topological polar surface area (TPSA) is 76.1 Å². The number of nitrogens with zero attached hydrogens (tertiary/aromatic N) is 1. The molecule has 1 heterocycles. The van der Waals surface area contributed by atoms with Crippen LogP contribution in [-0.4, -0.2) is 31.3 Å². The first-order valence-electron chi connectivity index (χ1n) is 7.40. The molecular formula is C17H20N2O3S. The number of aryl methyl sites for hydroxylation is 2. The zero-order chi connectivity index (χ0) is 16.9. The fourth-order valence-corrected chi connectivity index (χ4v) is 2.79. The van der Waals surface area contributed by atoms with Crippen LogP contribution in [0.2, 0.25) is 0 Å². The number of rotatable bonds is 6. The summed E-state index contributed by atoms with van der Waals surface area (Å²) in [4.78, 5) is 16.3. The van der Waals surface area contributed by atoms with E-state index in [1.807, 2.05) is 19.1 Å². The summed E-state index contributed by atoms with van der Waals surface area (Å²) in [6.45, 7) is 1.98. The van der Waals surface area contributed by atoms with Crippen LogP contribution in [0, 0.1) is 0 Å². The molecule has 5 nitrogen and oxygen atoms in total. The molecule has 122 valence electrons. The van der Waals surface area contributed by atoms with E-state index in [0.717, 1.165) is 17.5 Å². The molecule has 1 aromatic heterocycles. The number of anilines is 1. The van der Waals surface area contributed by atoms with Crippen molar-refractivity contribution in [3.05, 3.63) is 59.4 Å². The number of pyridine rings is 1. The Kier molecular flexibility index (Phi) is 5.50. The molecule has 0 atom stereocenters. The maximum Gasteiger partial charge on any atom is 0.256 e. The Morgan fingerprint density at radius 2 is 1.87 bits per heavy atom. The van der Waals surface area contributed by atoms with Gasteiger partial charge in [-0.15, -0.1) is 0 Å². The Labute approximate surface area is 136 Å². The SMILES string of the molecule is CCc1cnccc1C(=O)Nc1ccc(CCS(C)(=O)=O)cc1. The summed E-state index contributed by atoms with van der Waals surface area (Å²) < 4.78 is 22.3. The van der Waals surface area contributed by atoms with Gasteiger partial charge in [-0.1, -0.05) is 19.1 Å². The summed E-state index contributed by atoms with van der Waals surface area (Å²) in [7, 11) is -2.97. The zero-order valence-electron chi connectivity index (χ0n) is 13.2. The van der Waals surface area contributed by atoms with Crippen molar-refractivity contribution in [2.75, 3.05) is 17.3 Å². The highest BCUT2D eigenvalue weighted by molar-refractivity contribution is 7.90. The van der Waals surface area contributed by atoms with E-state index in [1.54, 1.807) is 30.6 Å². The number of hydrogen-bond acceptors (Lipinski definition) is 4. The number of benzene rings is 1. The van der Waals surface area contributed by atoms with Crippen molar-refractivity contribution in [1.82, 2.24) is 4.98 Å². The third-order valence-corrected chi connectivity index (χ3v) is 4.45. The Bertz CT molecular complexity index is 784. The van der Waals surface area contributed by atoms with Gasteiger partial charge in [0.15, 0.2) is 0 Å². The summed E-state index contributed by atoms with van der Waals surface area (Å²) in [6.07, 6.45) is 5.73. The Morgan fingerprint density at radius 3 is 2.48 bits per heavy atom. The molecule has 0 spiro atoms. The van der Waals surface area contributed by atoms with Crippen LogP contribution in [0.25, 0.3) is 0 Å². The molecule has 0 unspecified atom stereocenters. The van der Waals surface area contributed by atoms with E-state index in [4.69, 9.17) is 0 Å². The summed E-state index contributed by atoms with van der Waals surface area (Å²) in [5.74, 6) is -0.0524. The Hall–Kier alpha value is -2.21. The molecule has 23 heavy (non-hydrogen) atoms. The molecule has 2 rings (SSSR count). The van der Waals surface area contributed by atoms with Gasteiger partial charge in [0.2, 0.25) is 0 Å². The van der Waals surface area contributed by atoms with Crippen LogP contribution in [0.5, 0.6) is 0 Å². The molecule has 0 fully saturated rings. The second-order valence-corrected chi connectivity index (χ2v) is 7.68. The van der Waals surface area contributed by atoms with E-state index in [0.29, 0.717) is 17.7 Å². The molecule has 0 radical (unpaired) electrons. The second-order valence-electron chi connectivity index (χ2n) is 5.42. The summed E-state index contributed by atoms with van der Waals surface area (Å²) in [5.41, 5.74) is 3.11. The highest BCUT2D eigenvalue weighted by atomic mass is 32.2. The van der Waals surface area contributed by atoms with Crippen LogP contribution in [-0.2, 0) is 22.7 Å². The monoisotopic (exact) mass is 332 g/mol. The van der Waals surface area contributed by atoms with Gasteiger partial charge in [-0.3, -0.25) is 9.78 Å². The number of amides is 1. The molecule has 0 saturated heterocycles. The molecule has 0 saturated carbocycles. The lowest BCUT2D eigenvalue weighted by Crippen LogP contribution is -2.14. The number of carbonyl (C=O) groups is 1. The van der Waals surface area contributed by atoms with Gasteiger partial charge in [0.25, 0.3) is 5.91 Å². The molecule has 0 bridgehead atoms. The minimum absolute atomic E-state index is 0.121. The lowest BCUT2D eigenvalue weighted by atomic mass is 10.1. The first-order chi connectivity index (χ1) is 10.9. The second kappa shape index (κ2) is 7.37. The third kappa shape index (κ3) is 5.17. The van der Waals surface area contributed by atoms with Crippen molar-refractivity contribution in [2.24, 2.45) is 0 Å². The van der Waals surface area contributed by atoms with Crippen molar-refractivity contribution in [1.29, 1.82) is 0 Å². The van der Waals surface area contributed by atoms with E-state index in [-0.39, 0.29) is 11.7 Å². The van der Waals surface area contributed by atoms with E-state index in [1.165, 1.54) is 6.26 Å². The van der Waals surface area contributed by atoms with Crippen molar-refractivity contribution < 1.29 is 13.2 Å². The predicted octanol–water partition coefficient (Wildman–Crippen LogP) is 2.48. The first kappa shape index (κ1) is 17.1. The van der Waals surface area contributed by atoms with E-state index in [9.17, 15) is 13.2 Å². The molecule has 1 N–H and O–H groups in total. The normalized spacial score (nSPS) is 11.2. The summed E-state index contributed by atoms with van der Waals surface area (Å²) in [6, 6.07) is 8.92. The van der Waals surface area contributed by atoms with Crippen LogP contribution in [0.4, 0.5) is 5.69 Å². The van der Waals surface area contributed by atoms with Crippen molar-refractivity contribution in [2.45, 2.75) is 19.8 Å². The fraction of sp³-hybridized carbons (Fsp3) is 0.294. The summed E-state index contributed by atoms with van der Waals surface area (Å²) in [5, 5.41) is 2.85. The molecule has 1 amide bonds. The average molecular weight is 332 g/mol. The van der Waals surface area contributed by atoms with Crippen molar-refractivity contribution >= 4 is 21.4 Å². The number of carbonyl (C=O) groups excluding carboxylic acids is 1. The van der Waals surface area contributed by atoms with Gasteiger partial charge in [-0.25, -0.2) is 8.42 Å². The zero-order valence-corrected chi connectivity index (χ0v) is 14.1. The molecule has 6 heteroatoms. The fourth-order valence-electron chi connectivity index (χ4n) is 2.19. The van der Waals surface area contributed by atoms with Gasteiger partial charge in [0.1, 0.15) is 9.84 Å². The molecule has 0 aliphatic heterocycles. The largest absolute Gasteiger partial charge is 0.322 e. The summed E-state index contributed by atoms with van der Waals surface area (Å²) >= 11 is 0. The molecule has 1 aromatic carbocycles. The van der Waals surface area contributed by atoms with Crippen LogP contribution < -0.4 is 5.32 Å². The maximum absolute atomic E-state index is 12.3.